The van der Waals surface area contributed by atoms with E-state index in [1.807, 2.05) is 6.92 Å². The van der Waals surface area contributed by atoms with Crippen molar-refractivity contribution in [1.82, 2.24) is 9.55 Å². The fraction of sp³-hybridized carbons (Fsp3) is 0.611. The highest BCUT2D eigenvalue weighted by molar-refractivity contribution is 6.20. The first kappa shape index (κ1) is 14.9. The van der Waals surface area contributed by atoms with E-state index >= 15 is 0 Å². The molecule has 1 fully saturated rings. The van der Waals surface area contributed by atoms with Gasteiger partial charge in [0.2, 0.25) is 0 Å². The number of benzene rings is 1. The van der Waals surface area contributed by atoms with Crippen LogP contribution in [0.15, 0.2) is 18.2 Å². The van der Waals surface area contributed by atoms with Gasteiger partial charge in [-0.15, -0.1) is 11.6 Å². The molecule has 1 aliphatic rings. The molecular formula is C18H25ClN2. The summed E-state index contributed by atoms with van der Waals surface area (Å²) in [5, 5.41) is -0.0396. The van der Waals surface area contributed by atoms with Crippen LogP contribution in [0.25, 0.3) is 11.0 Å². The maximum absolute atomic E-state index is 6.44. The van der Waals surface area contributed by atoms with E-state index in [0.717, 1.165) is 11.3 Å². The van der Waals surface area contributed by atoms with Crippen LogP contribution in [-0.4, -0.2) is 9.55 Å². The fourth-order valence-electron chi connectivity index (χ4n) is 3.63. The lowest BCUT2D eigenvalue weighted by Crippen LogP contribution is -2.14. The van der Waals surface area contributed by atoms with Crippen LogP contribution in [0.5, 0.6) is 0 Å². The van der Waals surface area contributed by atoms with Crippen molar-refractivity contribution in [2.24, 2.45) is 0 Å². The van der Waals surface area contributed by atoms with Crippen LogP contribution in [0.1, 0.15) is 74.7 Å². The van der Waals surface area contributed by atoms with Gasteiger partial charge in [-0.2, -0.15) is 0 Å². The van der Waals surface area contributed by atoms with E-state index in [1.54, 1.807) is 0 Å². The van der Waals surface area contributed by atoms with Gasteiger partial charge >= 0.3 is 0 Å². The van der Waals surface area contributed by atoms with E-state index in [9.17, 15) is 0 Å². The number of para-hydroxylation sites is 1. The van der Waals surface area contributed by atoms with Crippen molar-refractivity contribution in [3.05, 3.63) is 29.6 Å². The molecule has 0 aliphatic heterocycles. The summed E-state index contributed by atoms with van der Waals surface area (Å²) in [6.07, 6.45) is 9.31. The molecule has 0 radical (unpaired) electrons. The Balaban J connectivity index is 2.09. The maximum Gasteiger partial charge on any atom is 0.127 e. The zero-order valence-corrected chi connectivity index (χ0v) is 13.9. The molecule has 0 spiro atoms. The van der Waals surface area contributed by atoms with E-state index in [2.05, 4.69) is 29.7 Å². The molecule has 1 unspecified atom stereocenters. The molecule has 1 aliphatic carbocycles. The zero-order valence-electron chi connectivity index (χ0n) is 13.1. The van der Waals surface area contributed by atoms with E-state index in [1.165, 1.54) is 56.0 Å². The van der Waals surface area contributed by atoms with Crippen LogP contribution in [0, 0.1) is 6.92 Å². The summed E-state index contributed by atoms with van der Waals surface area (Å²) >= 11 is 6.44. The van der Waals surface area contributed by atoms with Crippen LogP contribution < -0.4 is 0 Å². The summed E-state index contributed by atoms with van der Waals surface area (Å²) in [5.41, 5.74) is 3.64. The Morgan fingerprint density at radius 3 is 2.48 bits per heavy atom. The molecule has 0 bridgehead atoms. The van der Waals surface area contributed by atoms with E-state index in [4.69, 9.17) is 16.6 Å². The molecule has 3 heteroatoms. The molecule has 0 saturated heterocycles. The quantitative estimate of drug-likeness (QED) is 0.629. The average molecular weight is 305 g/mol. The summed E-state index contributed by atoms with van der Waals surface area (Å²) in [4.78, 5) is 4.87. The number of aromatic nitrogens is 2. The highest BCUT2D eigenvalue weighted by Gasteiger charge is 2.22. The number of hydrogen-bond acceptors (Lipinski definition) is 1. The van der Waals surface area contributed by atoms with Crippen LogP contribution in [0.2, 0.25) is 0 Å². The van der Waals surface area contributed by atoms with Crippen LogP contribution in [0.3, 0.4) is 0 Å². The normalized spacial score (nSPS) is 19.4. The lowest BCUT2D eigenvalue weighted by Gasteiger charge is -2.24. The number of imidazole rings is 1. The summed E-state index contributed by atoms with van der Waals surface area (Å²) in [5.74, 6) is 1.05. The Labute approximate surface area is 132 Å². The minimum Gasteiger partial charge on any atom is -0.324 e. The molecule has 3 rings (SSSR count). The predicted octanol–water partition coefficient (Wildman–Crippen LogP) is 5.93. The Morgan fingerprint density at radius 2 is 1.81 bits per heavy atom. The Morgan fingerprint density at radius 1 is 1.14 bits per heavy atom. The Bertz CT molecular complexity index is 607. The van der Waals surface area contributed by atoms with E-state index in [0.29, 0.717) is 6.04 Å². The van der Waals surface area contributed by atoms with Crippen molar-refractivity contribution in [1.29, 1.82) is 0 Å². The number of hydrogen-bond donors (Lipinski definition) is 0. The lowest BCUT2D eigenvalue weighted by molar-refractivity contribution is 0.371. The van der Waals surface area contributed by atoms with Gasteiger partial charge in [-0.05, 0) is 38.3 Å². The van der Waals surface area contributed by atoms with Crippen molar-refractivity contribution in [2.75, 3.05) is 0 Å². The summed E-state index contributed by atoms with van der Waals surface area (Å²) in [6, 6.07) is 7.05. The van der Waals surface area contributed by atoms with E-state index in [-0.39, 0.29) is 5.38 Å². The highest BCUT2D eigenvalue weighted by Crippen LogP contribution is 2.35. The molecule has 1 saturated carbocycles. The number of alkyl halides is 1. The molecule has 1 aromatic carbocycles. The number of nitrogens with zero attached hydrogens (tertiary/aromatic N) is 2. The summed E-state index contributed by atoms with van der Waals surface area (Å²) < 4.78 is 2.45. The first-order valence-electron chi connectivity index (χ1n) is 8.30. The van der Waals surface area contributed by atoms with Crippen molar-refractivity contribution in [2.45, 2.75) is 70.2 Å². The topological polar surface area (TPSA) is 17.8 Å². The zero-order chi connectivity index (χ0) is 14.8. The molecular weight excluding hydrogens is 280 g/mol. The maximum atomic E-state index is 6.44. The second-order valence-electron chi connectivity index (χ2n) is 6.40. The van der Waals surface area contributed by atoms with Crippen LogP contribution in [-0.2, 0) is 0 Å². The van der Waals surface area contributed by atoms with Crippen LogP contribution in [0.4, 0.5) is 0 Å². The monoisotopic (exact) mass is 304 g/mol. The third kappa shape index (κ3) is 2.96. The molecule has 2 aromatic rings. The third-order valence-corrected chi connectivity index (χ3v) is 4.94. The van der Waals surface area contributed by atoms with Crippen molar-refractivity contribution in [3.8, 4) is 0 Å². The van der Waals surface area contributed by atoms with Gasteiger partial charge in [0, 0.05) is 6.04 Å². The second kappa shape index (κ2) is 6.39. The molecule has 114 valence electrons. The molecule has 1 heterocycles. The molecule has 1 aromatic heterocycles. The third-order valence-electron chi connectivity index (χ3n) is 4.74. The first-order valence-corrected chi connectivity index (χ1v) is 8.73. The minimum atomic E-state index is -0.0396. The van der Waals surface area contributed by atoms with Gasteiger partial charge in [0.05, 0.1) is 16.4 Å². The minimum absolute atomic E-state index is 0.0396. The fourth-order valence-corrected chi connectivity index (χ4v) is 3.79. The van der Waals surface area contributed by atoms with Gasteiger partial charge in [0.15, 0.2) is 0 Å². The SMILES string of the molecule is Cc1cccc2c1nc(C(C)Cl)n2C1CCCCCCC1. The largest absolute Gasteiger partial charge is 0.324 e. The first-order chi connectivity index (χ1) is 10.2. The van der Waals surface area contributed by atoms with Gasteiger partial charge in [-0.3, -0.25) is 0 Å². The van der Waals surface area contributed by atoms with Crippen molar-refractivity contribution in [3.63, 3.8) is 0 Å². The van der Waals surface area contributed by atoms with Crippen molar-refractivity contribution < 1.29 is 0 Å². The van der Waals surface area contributed by atoms with E-state index < -0.39 is 0 Å². The molecule has 0 amide bonds. The van der Waals surface area contributed by atoms with Gasteiger partial charge in [0.1, 0.15) is 5.82 Å². The standard InChI is InChI=1S/C18H25ClN2/c1-13-9-8-12-16-17(13)20-18(14(2)19)21(16)15-10-6-4-3-5-7-11-15/h8-9,12,14-15H,3-7,10-11H2,1-2H3. The number of rotatable bonds is 2. The van der Waals surface area contributed by atoms with Gasteiger partial charge < -0.3 is 4.57 Å². The molecule has 21 heavy (non-hydrogen) atoms. The smallest absolute Gasteiger partial charge is 0.127 e. The summed E-state index contributed by atoms with van der Waals surface area (Å²) in [7, 11) is 0. The number of halogens is 1. The second-order valence-corrected chi connectivity index (χ2v) is 7.05. The van der Waals surface area contributed by atoms with Crippen LogP contribution >= 0.6 is 11.6 Å². The lowest BCUT2D eigenvalue weighted by atomic mass is 9.96. The summed E-state index contributed by atoms with van der Waals surface area (Å²) in [6.45, 7) is 4.18. The molecule has 1 atom stereocenters. The average Bonchev–Trinajstić information content (AvgIpc) is 2.80. The van der Waals surface area contributed by atoms with Crippen molar-refractivity contribution >= 4 is 22.6 Å². The van der Waals surface area contributed by atoms with Gasteiger partial charge in [-0.1, -0.05) is 44.2 Å². The molecule has 0 N–H and O–H groups in total. The number of aryl methyl sites for hydroxylation is 1. The Kier molecular flexibility index (Phi) is 4.54. The van der Waals surface area contributed by atoms with Gasteiger partial charge in [-0.25, -0.2) is 4.98 Å². The molecule has 2 nitrogen and oxygen atoms in total. The highest BCUT2D eigenvalue weighted by atomic mass is 35.5. The number of fused-ring (bicyclic) bond motifs is 1. The van der Waals surface area contributed by atoms with Gasteiger partial charge in [0.25, 0.3) is 0 Å². The predicted molar refractivity (Wildman–Crippen MR) is 90.1 cm³/mol. The Hall–Kier alpha value is -1.02.